The van der Waals surface area contributed by atoms with Gasteiger partial charge in [0.25, 0.3) is 0 Å². The molecule has 1 aliphatic rings. The van der Waals surface area contributed by atoms with E-state index in [1.54, 1.807) is 0 Å². The Morgan fingerprint density at radius 1 is 1.04 bits per heavy atom. The Kier molecular flexibility index (Phi) is 9.66. The summed E-state index contributed by atoms with van der Waals surface area (Å²) < 4.78 is 10.5. The number of aliphatic hydroxyl groups is 3. The van der Waals surface area contributed by atoms with Gasteiger partial charge in [-0.3, -0.25) is 0 Å². The minimum atomic E-state index is -1.89. The number of ether oxygens (including phenoxy) is 2. The Balaban J connectivity index is 2.14. The Hall–Kier alpha value is -0.730. The molecule has 23 heavy (non-hydrogen) atoms. The molecule has 5 atom stereocenters. The van der Waals surface area contributed by atoms with Gasteiger partial charge in [0.2, 0.25) is 0 Å². The van der Waals surface area contributed by atoms with E-state index in [2.05, 4.69) is 6.92 Å². The quantitative estimate of drug-likeness (QED) is 0.394. The van der Waals surface area contributed by atoms with E-state index >= 15 is 0 Å². The van der Waals surface area contributed by atoms with Crippen LogP contribution in [-0.4, -0.2) is 63.7 Å². The number of unbranched alkanes of at least 4 members (excludes halogenated alkanes) is 7. The SMILES string of the molecule is CCCCCCCCCCOC1OC(C(O)C(=O)O)C(O)C1O. The fourth-order valence-corrected chi connectivity index (χ4v) is 2.65. The van der Waals surface area contributed by atoms with E-state index in [1.807, 2.05) is 0 Å². The molecule has 0 aromatic rings. The second kappa shape index (κ2) is 10.9. The number of hydrogen-bond donors (Lipinski definition) is 4. The fourth-order valence-electron chi connectivity index (χ4n) is 2.65. The highest BCUT2D eigenvalue weighted by Crippen LogP contribution is 2.25. The summed E-state index contributed by atoms with van der Waals surface area (Å²) in [5.41, 5.74) is 0. The molecule has 5 unspecified atom stereocenters. The van der Waals surface area contributed by atoms with Crippen molar-refractivity contribution in [3.8, 4) is 0 Å². The first kappa shape index (κ1) is 20.3. The number of rotatable bonds is 12. The zero-order valence-electron chi connectivity index (χ0n) is 13.8. The largest absolute Gasteiger partial charge is 0.479 e. The van der Waals surface area contributed by atoms with Gasteiger partial charge in [0.1, 0.15) is 18.3 Å². The number of aliphatic carboxylic acids is 1. The maximum absolute atomic E-state index is 10.7. The molecule has 0 spiro atoms. The third-order valence-electron chi connectivity index (χ3n) is 4.10. The van der Waals surface area contributed by atoms with E-state index in [4.69, 9.17) is 14.6 Å². The fraction of sp³-hybridized carbons (Fsp3) is 0.938. The van der Waals surface area contributed by atoms with Crippen LogP contribution in [0.3, 0.4) is 0 Å². The van der Waals surface area contributed by atoms with Crippen LogP contribution in [0, 0.1) is 0 Å². The molecule has 0 aliphatic carbocycles. The Labute approximate surface area is 137 Å². The van der Waals surface area contributed by atoms with Gasteiger partial charge in [-0.25, -0.2) is 4.79 Å². The van der Waals surface area contributed by atoms with Crippen LogP contribution in [-0.2, 0) is 14.3 Å². The molecule has 4 N–H and O–H groups in total. The van der Waals surface area contributed by atoms with Gasteiger partial charge < -0.3 is 29.9 Å². The molecule has 7 nitrogen and oxygen atoms in total. The van der Waals surface area contributed by atoms with Crippen molar-refractivity contribution in [2.75, 3.05) is 6.61 Å². The molecule has 1 rings (SSSR count). The number of carboxylic acids is 1. The molecule has 136 valence electrons. The van der Waals surface area contributed by atoms with Gasteiger partial charge in [0, 0.05) is 6.61 Å². The van der Waals surface area contributed by atoms with Crippen LogP contribution < -0.4 is 0 Å². The van der Waals surface area contributed by atoms with E-state index in [0.29, 0.717) is 6.61 Å². The molecular weight excluding hydrogens is 304 g/mol. The Morgan fingerprint density at radius 3 is 2.17 bits per heavy atom. The smallest absolute Gasteiger partial charge is 0.335 e. The zero-order chi connectivity index (χ0) is 17.2. The third-order valence-corrected chi connectivity index (χ3v) is 4.10. The van der Waals surface area contributed by atoms with Gasteiger partial charge >= 0.3 is 5.97 Å². The number of hydrogen-bond acceptors (Lipinski definition) is 6. The molecule has 7 heteroatoms. The lowest BCUT2D eigenvalue weighted by atomic mass is 10.1. The van der Waals surface area contributed by atoms with Crippen LogP contribution in [0.15, 0.2) is 0 Å². The van der Waals surface area contributed by atoms with Crippen molar-refractivity contribution >= 4 is 5.97 Å². The molecule has 1 heterocycles. The molecule has 0 bridgehead atoms. The Morgan fingerprint density at radius 2 is 1.61 bits per heavy atom. The maximum atomic E-state index is 10.7. The van der Waals surface area contributed by atoms with E-state index in [0.717, 1.165) is 19.3 Å². The maximum Gasteiger partial charge on any atom is 0.335 e. The first-order valence-electron chi connectivity index (χ1n) is 8.53. The molecule has 0 aromatic carbocycles. The number of carboxylic acid groups (broad SMARTS) is 1. The Bertz CT molecular complexity index is 336. The monoisotopic (exact) mass is 334 g/mol. The highest BCUT2D eigenvalue weighted by Gasteiger charge is 2.48. The molecule has 0 saturated carbocycles. The second-order valence-electron chi connectivity index (χ2n) is 6.08. The third kappa shape index (κ3) is 6.73. The van der Waals surface area contributed by atoms with Crippen molar-refractivity contribution in [1.29, 1.82) is 0 Å². The summed E-state index contributed by atoms with van der Waals surface area (Å²) in [6.07, 6.45) is 1.98. The van der Waals surface area contributed by atoms with Crippen molar-refractivity contribution in [3.63, 3.8) is 0 Å². The first-order valence-corrected chi connectivity index (χ1v) is 8.53. The van der Waals surface area contributed by atoms with Crippen molar-refractivity contribution in [2.45, 2.75) is 89.0 Å². The summed E-state index contributed by atoms with van der Waals surface area (Å²) >= 11 is 0. The van der Waals surface area contributed by atoms with Crippen LogP contribution in [0.4, 0.5) is 0 Å². The van der Waals surface area contributed by atoms with Crippen molar-refractivity contribution < 1.29 is 34.7 Å². The standard InChI is InChI=1S/C16H30O7/c1-2-3-4-5-6-7-8-9-10-22-16-12(18)11(17)14(23-16)13(19)15(20)21/h11-14,16-19H,2-10H2,1H3,(H,20,21). The van der Waals surface area contributed by atoms with Crippen LogP contribution in [0.1, 0.15) is 58.3 Å². The molecule has 0 aromatic heterocycles. The van der Waals surface area contributed by atoms with Gasteiger partial charge in [0.15, 0.2) is 12.4 Å². The van der Waals surface area contributed by atoms with E-state index < -0.39 is 36.7 Å². The summed E-state index contributed by atoms with van der Waals surface area (Å²) in [5, 5.41) is 37.6. The van der Waals surface area contributed by atoms with Crippen molar-refractivity contribution in [2.24, 2.45) is 0 Å². The van der Waals surface area contributed by atoms with Crippen LogP contribution in [0.2, 0.25) is 0 Å². The van der Waals surface area contributed by atoms with Crippen LogP contribution >= 0.6 is 0 Å². The highest BCUT2D eigenvalue weighted by atomic mass is 16.7. The van der Waals surface area contributed by atoms with E-state index in [9.17, 15) is 20.1 Å². The van der Waals surface area contributed by atoms with Gasteiger partial charge in [-0.05, 0) is 6.42 Å². The number of aliphatic hydroxyl groups excluding tert-OH is 3. The lowest BCUT2D eigenvalue weighted by Gasteiger charge is -2.17. The minimum Gasteiger partial charge on any atom is -0.479 e. The first-order chi connectivity index (χ1) is 11.0. The predicted octanol–water partition coefficient (Wildman–Crippen LogP) is 1.04. The second-order valence-corrected chi connectivity index (χ2v) is 6.08. The highest BCUT2D eigenvalue weighted by molar-refractivity contribution is 5.72. The molecule has 1 aliphatic heterocycles. The summed E-state index contributed by atoms with van der Waals surface area (Å²) in [5.74, 6) is -1.51. The average molecular weight is 334 g/mol. The lowest BCUT2D eigenvalue weighted by molar-refractivity contribution is -0.186. The van der Waals surface area contributed by atoms with E-state index in [1.165, 1.54) is 32.1 Å². The van der Waals surface area contributed by atoms with Gasteiger partial charge in [-0.1, -0.05) is 51.9 Å². The van der Waals surface area contributed by atoms with E-state index in [-0.39, 0.29) is 0 Å². The van der Waals surface area contributed by atoms with Crippen molar-refractivity contribution in [3.05, 3.63) is 0 Å². The zero-order valence-corrected chi connectivity index (χ0v) is 13.8. The predicted molar refractivity (Wildman–Crippen MR) is 82.9 cm³/mol. The summed E-state index contributed by atoms with van der Waals surface area (Å²) in [4.78, 5) is 10.7. The van der Waals surface area contributed by atoms with Crippen LogP contribution in [0.5, 0.6) is 0 Å². The minimum absolute atomic E-state index is 0.360. The van der Waals surface area contributed by atoms with Crippen molar-refractivity contribution in [1.82, 2.24) is 0 Å². The molecule has 0 radical (unpaired) electrons. The van der Waals surface area contributed by atoms with Gasteiger partial charge in [0.05, 0.1) is 0 Å². The lowest BCUT2D eigenvalue weighted by Crippen LogP contribution is -2.42. The topological polar surface area (TPSA) is 116 Å². The summed E-state index contributed by atoms with van der Waals surface area (Å²) in [6, 6.07) is 0. The average Bonchev–Trinajstić information content (AvgIpc) is 2.80. The number of carbonyl (C=O) groups is 1. The molecule has 1 fully saturated rings. The van der Waals surface area contributed by atoms with Gasteiger partial charge in [-0.15, -0.1) is 0 Å². The summed E-state index contributed by atoms with van der Waals surface area (Å²) in [7, 11) is 0. The molecule has 0 amide bonds. The molecular formula is C16H30O7. The molecule has 1 saturated heterocycles. The van der Waals surface area contributed by atoms with Crippen LogP contribution in [0.25, 0.3) is 0 Å². The summed E-state index contributed by atoms with van der Waals surface area (Å²) in [6.45, 7) is 2.55. The van der Waals surface area contributed by atoms with Gasteiger partial charge in [-0.2, -0.15) is 0 Å². The normalized spacial score (nSPS) is 28.9.